The van der Waals surface area contributed by atoms with Crippen molar-refractivity contribution in [3.05, 3.63) is 59.7 Å². The number of ketones is 6. The molecule has 8 unspecified atom stereocenters. The van der Waals surface area contributed by atoms with E-state index in [1.165, 1.54) is 75.8 Å². The molecule has 0 saturated carbocycles. The van der Waals surface area contributed by atoms with Gasteiger partial charge in [-0.05, 0) is 148 Å². The van der Waals surface area contributed by atoms with Crippen LogP contribution in [0, 0.1) is 39.9 Å². The summed E-state index contributed by atoms with van der Waals surface area (Å²) in [6.07, 6.45) is -2.45. The molecule has 0 aliphatic carbocycles. The van der Waals surface area contributed by atoms with Crippen molar-refractivity contribution >= 4 is 133 Å². The van der Waals surface area contributed by atoms with Crippen LogP contribution in [0.3, 0.4) is 0 Å². The molecule has 8 atom stereocenters. The van der Waals surface area contributed by atoms with E-state index in [9.17, 15) is 136 Å². The quantitative estimate of drug-likeness (QED) is 0.0148. The molecule has 9 N–H and O–H groups in total. The summed E-state index contributed by atoms with van der Waals surface area (Å²) < 4.78 is 34.5. The van der Waals surface area contributed by atoms with E-state index in [2.05, 4.69) is 36.2 Å². The Morgan fingerprint density at radius 1 is 0.358 bits per heavy atom. The molecule has 0 spiro atoms. The molecule has 5 rings (SSSR count). The van der Waals surface area contributed by atoms with Gasteiger partial charge in [-0.25, -0.2) is 0 Å². The molecule has 2 aliphatic heterocycles. The summed E-state index contributed by atoms with van der Waals surface area (Å²) in [5, 5.41) is 100. The van der Waals surface area contributed by atoms with Gasteiger partial charge in [0.1, 0.15) is 41.0 Å². The fourth-order valence-corrected chi connectivity index (χ4v) is 18.1. The van der Waals surface area contributed by atoms with Gasteiger partial charge in [0.25, 0.3) is 0 Å². The third-order valence-electron chi connectivity index (χ3n) is 23.0. The molecule has 49 heteroatoms. The van der Waals surface area contributed by atoms with Gasteiger partial charge in [0, 0.05) is 216 Å². The molecule has 2 fully saturated rings. The van der Waals surface area contributed by atoms with Crippen molar-refractivity contribution in [2.45, 2.75) is 211 Å². The minimum absolute atomic E-state index is 0. The molecule has 1 amide bonds. The molecule has 2 aromatic carbocycles. The first-order valence-corrected chi connectivity index (χ1v) is 47.2. The number of hydrogen-bond acceptors (Lipinski definition) is 41. The van der Waals surface area contributed by atoms with Gasteiger partial charge < -0.3 is 159 Å². The summed E-state index contributed by atoms with van der Waals surface area (Å²) in [5.41, 5.74) is 2.20. The number of aromatic nitrogens is 3. The van der Waals surface area contributed by atoms with Crippen LogP contribution >= 0.6 is 15.2 Å². The smallest absolute Gasteiger partial charge is 0.870 e. The Bertz CT molecular complexity index is 4300. The topological polar surface area (TPSA) is 694 Å². The fourth-order valence-electron chi connectivity index (χ4n) is 15.6. The summed E-state index contributed by atoms with van der Waals surface area (Å²) >= 11 is 0. The first-order chi connectivity index (χ1) is 62.3. The van der Waals surface area contributed by atoms with Gasteiger partial charge in [0.2, 0.25) is 23.8 Å². The van der Waals surface area contributed by atoms with Crippen LogP contribution in [0.4, 0.5) is 29.2 Å². The number of aldehydes is 1. The van der Waals surface area contributed by atoms with Crippen LogP contribution in [0.25, 0.3) is 0 Å². The number of amides is 1. The Labute approximate surface area is 809 Å². The van der Waals surface area contributed by atoms with Crippen LogP contribution in [0.1, 0.15) is 155 Å². The van der Waals surface area contributed by atoms with E-state index in [0.29, 0.717) is 23.2 Å². The third-order valence-corrected chi connectivity index (χ3v) is 26.9. The number of nitrogens with one attached hydrogen (secondary N) is 4. The number of carbonyl (C=O) groups excluding carboxylic acids is 15. The second-order valence-electron chi connectivity index (χ2n) is 33.0. The van der Waals surface area contributed by atoms with Gasteiger partial charge in [0.15, 0.2) is 5.40 Å². The van der Waals surface area contributed by atoms with Crippen molar-refractivity contribution in [2.24, 2.45) is 0 Å². The maximum atomic E-state index is 13.5. The van der Waals surface area contributed by atoms with Crippen molar-refractivity contribution in [3.63, 3.8) is 0 Å². The molecule has 749 valence electrons. The number of rotatable bonds is 59. The van der Waals surface area contributed by atoms with Crippen LogP contribution < -0.4 is 57.0 Å². The standard InChI is InChI=1S/C85H131N15O30P2.Gd.H2O/c1-56(102)7-24-67(76(109)110)94-37-35-93(36-38-95(68(77(111)112)25-8-57(2)103)40-42-96(41-39-94)69(78(113)114)26-9-58(3)104)66(55-101)23-17-62-13-19-64(20-14-62)88-84-90-83(87-34-52-130-54-53-129-51-33-86-74(108)31-32-75(131(123,124)125)132(126,127)128)91-85(92-84)89-65-21-15-63(16-22-65)18-30-73(82(121)122)100-49-47-98(71(80(117)118)28-11-60(5)106)45-43-97(70(79(115)116)27-10-59(4)105)44-46-99(48-50-100)72(81(119)120)29-12-61(6)107;;/h13-16,19-22,55,66-73,75H,7-12,17-18,23-54H2,1-6H3,(H,86,108)(H,109,110)(H,111,112)(H,113,114)(H,115,116)(H,117,118)(H,119,120)(H,121,122)(H2,123,124,125)(H2,126,127,128)(H3,87,88,89,90,91,92);;1H2/q;+3;/p-8. The predicted molar refractivity (Wildman–Crippen MR) is 462 cm³/mol. The van der Waals surface area contributed by atoms with Gasteiger partial charge in [-0.2, -0.15) is 15.0 Å². The number of carbonyl (C=O) groups is 15. The number of carboxylic acids is 7. The number of anilines is 5. The summed E-state index contributed by atoms with van der Waals surface area (Å²) in [5.74, 6) is -13.4. The first-order valence-electron chi connectivity index (χ1n) is 43.9. The number of aliphatic carboxylic acids is 7. The number of nitrogens with zero attached hydrogens (tertiary/aromatic N) is 11. The van der Waals surface area contributed by atoms with E-state index in [-0.39, 0.29) is 345 Å². The van der Waals surface area contributed by atoms with E-state index in [1.807, 2.05) is 0 Å². The second-order valence-corrected chi connectivity index (χ2v) is 37.0. The van der Waals surface area contributed by atoms with Gasteiger partial charge in [-0.1, -0.05) is 24.3 Å². The molecular weight excluding hydrogens is 1950 g/mol. The Hall–Kier alpha value is -8.52. The van der Waals surface area contributed by atoms with Crippen LogP contribution in [-0.2, 0) is 103 Å². The average Bonchev–Trinajstić information content (AvgIpc) is 0.834. The zero-order valence-corrected chi connectivity index (χ0v) is 80.3. The van der Waals surface area contributed by atoms with Crippen molar-refractivity contribution in [1.29, 1.82) is 0 Å². The van der Waals surface area contributed by atoms with Crippen molar-refractivity contribution < 1.29 is 191 Å². The number of hydrogen-bond donors (Lipinski definition) is 8. The Balaban J connectivity index is 0.0000231. The van der Waals surface area contributed by atoms with Gasteiger partial charge in [0.05, 0.1) is 74.3 Å². The Morgan fingerprint density at radius 3 is 0.858 bits per heavy atom. The van der Waals surface area contributed by atoms with Crippen LogP contribution in [0.15, 0.2) is 48.5 Å². The molecule has 3 heterocycles. The molecule has 3 aromatic rings. The zero-order chi connectivity index (χ0) is 98.0. The number of carboxylic acid groups (broad SMARTS) is 7. The van der Waals surface area contributed by atoms with E-state index in [1.54, 1.807) is 53.4 Å². The molecule has 0 bridgehead atoms. The maximum Gasteiger partial charge on any atom is 3.00 e. The van der Waals surface area contributed by atoms with Gasteiger partial charge >= 0.3 is 55.1 Å². The fraction of sp³-hybridized carbons (Fsp3) is 0.647. The third kappa shape index (κ3) is 44.7. The molecule has 2 saturated heterocycles. The SMILES string of the molecule is CC(=O)CCC(C(=O)[O-])N1CCN(C(C=O)CCc2ccc(Nc3nc(NCCOCCOCCNC(=O)CCC(P(=O)(O)O)P(=O)(O)O)nc(Nc4ccc(CCC(C(=O)[O-])N5CCN(C(CCC(C)=O)C(=O)[O-])CCN(C(CCC(C)=O)C(=O)[O-])CCN(C(CCC(C)=O)C(=O)[O-])CC5)cc4)n3)cc2)CCN(C(CCC(C)=O)C(=O)[O-])CCN(C(CCC(C)=O)C(=O)[O-])CC1.[Gd+3].[OH-]. The zero-order valence-electron chi connectivity index (χ0n) is 76.2. The summed E-state index contributed by atoms with van der Waals surface area (Å²) in [6, 6.07) is 2.94. The van der Waals surface area contributed by atoms with E-state index >= 15 is 0 Å². The molecule has 46 nitrogen and oxygen atoms in total. The summed E-state index contributed by atoms with van der Waals surface area (Å²) in [6.45, 7) is 5.60. The molecule has 1 radical (unpaired) electrons. The Morgan fingerprint density at radius 2 is 0.604 bits per heavy atom. The van der Waals surface area contributed by atoms with Crippen LogP contribution in [0.2, 0.25) is 0 Å². The largest absolute Gasteiger partial charge is 3.00 e. The minimum atomic E-state index is -5.23. The minimum Gasteiger partial charge on any atom is -0.870 e. The van der Waals surface area contributed by atoms with E-state index in [4.69, 9.17) is 9.47 Å². The van der Waals surface area contributed by atoms with Crippen molar-refractivity contribution in [3.8, 4) is 0 Å². The predicted octanol–water partition coefficient (Wildman–Crippen LogP) is -6.87. The van der Waals surface area contributed by atoms with Crippen LogP contribution in [-0.4, -0.2) is 366 Å². The van der Waals surface area contributed by atoms with Gasteiger partial charge in [-0.3, -0.25) is 53.1 Å². The van der Waals surface area contributed by atoms with E-state index < -0.39 is 129 Å². The number of benzene rings is 2. The van der Waals surface area contributed by atoms with Gasteiger partial charge in [-0.15, -0.1) is 0 Å². The molecule has 2 aliphatic rings. The number of Topliss-reactive ketones (excluding diaryl/α,β-unsaturated/α-hetero) is 6. The Kier molecular flexibility index (Phi) is 55.0. The molecular formula is C85H125GdN15O31P2-5. The molecule has 134 heavy (non-hydrogen) atoms. The van der Waals surface area contributed by atoms with Crippen molar-refractivity contribution in [2.75, 3.05) is 160 Å². The van der Waals surface area contributed by atoms with Crippen molar-refractivity contribution in [1.82, 2.24) is 59.5 Å². The van der Waals surface area contributed by atoms with E-state index in [0.717, 1.165) is 5.56 Å². The summed E-state index contributed by atoms with van der Waals surface area (Å²) in [7, 11) is -10.5. The average molecular weight is 2070 g/mol. The summed E-state index contributed by atoms with van der Waals surface area (Å²) in [4.78, 5) is 253. The number of aryl methyl sites for hydroxylation is 2. The first kappa shape index (κ1) is 120. The number of ether oxygens (including phenoxy) is 2. The van der Waals surface area contributed by atoms with Crippen LogP contribution in [0.5, 0.6) is 0 Å². The normalized spacial score (nSPS) is 16.9. The maximum absolute atomic E-state index is 13.5. The second kappa shape index (κ2) is 61.6. The monoisotopic (exact) mass is 2070 g/mol. The molecule has 1 aromatic heterocycles.